The number of carboxylic acids is 1. The summed E-state index contributed by atoms with van der Waals surface area (Å²) >= 11 is 0. The van der Waals surface area contributed by atoms with Crippen LogP contribution in [-0.4, -0.2) is 61.5 Å². The van der Waals surface area contributed by atoms with Crippen molar-refractivity contribution >= 4 is 12.1 Å². The van der Waals surface area contributed by atoms with Crippen LogP contribution in [0, 0.1) is 17.8 Å². The molecular weight excluding hydrogens is 416 g/mol. The van der Waals surface area contributed by atoms with E-state index in [1.54, 1.807) is 0 Å². The monoisotopic (exact) mass is 447 g/mol. The minimum atomic E-state index is -1.11. The molecule has 4 rings (SSSR count). The molecule has 0 spiro atoms. The van der Waals surface area contributed by atoms with Crippen molar-refractivity contribution in [3.8, 4) is 23.5 Å². The second-order valence-corrected chi connectivity index (χ2v) is 9.91. The molecule has 0 saturated carbocycles. The highest BCUT2D eigenvalue weighted by molar-refractivity contribution is 5.82. The Kier molecular flexibility index (Phi) is 6.18. The smallest absolute Gasteiger partial charge is 0.407 e. The van der Waals surface area contributed by atoms with E-state index in [2.05, 4.69) is 37.5 Å². The van der Waals surface area contributed by atoms with Gasteiger partial charge in [-0.1, -0.05) is 48.5 Å². The molecule has 1 aliphatic heterocycles. The molecule has 1 amide bonds. The highest BCUT2D eigenvalue weighted by Gasteiger charge is 2.50. The fourth-order valence-corrected chi connectivity index (χ4v) is 5.79. The molecule has 172 valence electrons. The fourth-order valence-electron chi connectivity index (χ4n) is 5.79. The van der Waals surface area contributed by atoms with Crippen LogP contribution < -0.4 is 5.32 Å². The maximum absolute atomic E-state index is 12.8. The first-order valence-corrected chi connectivity index (χ1v) is 11.4. The highest BCUT2D eigenvalue weighted by atomic mass is 16.5. The molecular formula is C27H31N2O4+. The molecule has 0 aromatic heterocycles. The number of fused-ring (bicyclic) bond motifs is 3. The number of nitrogens with zero attached hydrogens (tertiary/aromatic N) is 1. The lowest BCUT2D eigenvalue weighted by Crippen LogP contribution is -2.62. The molecule has 0 radical (unpaired) electrons. The molecule has 2 aliphatic rings. The Hall–Kier alpha value is -3.30. The van der Waals surface area contributed by atoms with Crippen LogP contribution in [0.25, 0.3) is 11.1 Å². The van der Waals surface area contributed by atoms with Gasteiger partial charge in [-0.3, -0.25) is 0 Å². The van der Waals surface area contributed by atoms with Crippen molar-refractivity contribution in [2.24, 2.45) is 5.41 Å². The minimum Gasteiger partial charge on any atom is -0.480 e. The third-order valence-electron chi connectivity index (χ3n) is 7.10. The normalized spacial score (nSPS) is 21.8. The number of hydrogen-bond acceptors (Lipinski definition) is 3. The van der Waals surface area contributed by atoms with E-state index in [0.717, 1.165) is 35.2 Å². The largest absolute Gasteiger partial charge is 0.480 e. The van der Waals surface area contributed by atoms with Crippen LogP contribution in [0.3, 0.4) is 0 Å². The number of carboxylic acid groups (broad SMARTS) is 1. The molecule has 0 unspecified atom stereocenters. The standard InChI is InChI=1S/C27H30N2O4/c1-4-14-27(15-9-16-29(2,3)18-27)24(25(30)31)28-26(32)33-17-23-21-12-7-5-10-19(21)20-11-6-8-13-22(20)23/h1,5-8,10-13,23-24H,9,14-18H2,2-3H3,(H-,28,30,31,32)/p+1/t24-,27+/m1/s1. The van der Waals surface area contributed by atoms with Crippen molar-refractivity contribution in [2.45, 2.75) is 31.2 Å². The summed E-state index contributed by atoms with van der Waals surface area (Å²) in [5.74, 6) is 1.49. The maximum Gasteiger partial charge on any atom is 0.407 e. The summed E-state index contributed by atoms with van der Waals surface area (Å²) in [5.41, 5.74) is 3.78. The Morgan fingerprint density at radius 2 is 1.79 bits per heavy atom. The lowest BCUT2D eigenvalue weighted by atomic mass is 9.70. The Morgan fingerprint density at radius 1 is 1.18 bits per heavy atom. The molecule has 1 aliphatic carbocycles. The van der Waals surface area contributed by atoms with Gasteiger partial charge in [-0.2, -0.15) is 0 Å². The van der Waals surface area contributed by atoms with E-state index in [1.807, 2.05) is 36.4 Å². The van der Waals surface area contributed by atoms with Crippen LogP contribution in [0.5, 0.6) is 0 Å². The van der Waals surface area contributed by atoms with Crippen LogP contribution in [0.1, 0.15) is 36.3 Å². The van der Waals surface area contributed by atoms with E-state index in [4.69, 9.17) is 11.2 Å². The first kappa shape index (κ1) is 22.9. The average molecular weight is 448 g/mol. The number of rotatable bonds is 6. The number of alkyl carbamates (subject to hydrolysis) is 1. The molecule has 2 aromatic rings. The lowest BCUT2D eigenvalue weighted by molar-refractivity contribution is -0.902. The number of piperidine rings is 1. The van der Waals surface area contributed by atoms with Gasteiger partial charge in [-0.25, -0.2) is 9.59 Å². The molecule has 2 atom stereocenters. The Balaban J connectivity index is 1.51. The van der Waals surface area contributed by atoms with E-state index < -0.39 is 23.5 Å². The number of ether oxygens (including phenoxy) is 1. The molecule has 6 heteroatoms. The molecule has 33 heavy (non-hydrogen) atoms. The van der Waals surface area contributed by atoms with E-state index in [1.165, 1.54) is 0 Å². The fraction of sp³-hybridized carbons (Fsp3) is 0.407. The van der Waals surface area contributed by atoms with Crippen molar-refractivity contribution in [3.05, 3.63) is 59.7 Å². The van der Waals surface area contributed by atoms with E-state index >= 15 is 0 Å². The van der Waals surface area contributed by atoms with Crippen molar-refractivity contribution in [3.63, 3.8) is 0 Å². The number of amides is 1. The topological polar surface area (TPSA) is 75.6 Å². The summed E-state index contributed by atoms with van der Waals surface area (Å²) in [5, 5.41) is 12.7. The second-order valence-electron chi connectivity index (χ2n) is 9.91. The summed E-state index contributed by atoms with van der Waals surface area (Å²) in [4.78, 5) is 25.1. The molecule has 1 fully saturated rings. The van der Waals surface area contributed by atoms with Crippen molar-refractivity contribution in [1.82, 2.24) is 5.32 Å². The van der Waals surface area contributed by atoms with Crippen molar-refractivity contribution < 1.29 is 23.9 Å². The first-order valence-electron chi connectivity index (χ1n) is 11.4. The van der Waals surface area contributed by atoms with Gasteiger partial charge in [0, 0.05) is 12.3 Å². The minimum absolute atomic E-state index is 0.0867. The second kappa shape index (κ2) is 8.92. The average Bonchev–Trinajstić information content (AvgIpc) is 3.09. The molecule has 1 saturated heterocycles. The molecule has 1 heterocycles. The molecule has 2 N–H and O–H groups in total. The van der Waals surface area contributed by atoms with Crippen LogP contribution in [0.2, 0.25) is 0 Å². The number of quaternary nitrogens is 1. The number of likely N-dealkylation sites (tertiary alicyclic amines) is 1. The number of benzene rings is 2. The number of aliphatic carboxylic acids is 1. The highest BCUT2D eigenvalue weighted by Crippen LogP contribution is 2.44. The van der Waals surface area contributed by atoms with Crippen molar-refractivity contribution in [1.29, 1.82) is 0 Å². The third kappa shape index (κ3) is 4.46. The third-order valence-corrected chi connectivity index (χ3v) is 7.10. The van der Waals surface area contributed by atoms with Crippen LogP contribution in [0.15, 0.2) is 48.5 Å². The van der Waals surface area contributed by atoms with Gasteiger partial charge in [0.25, 0.3) is 0 Å². The zero-order valence-electron chi connectivity index (χ0n) is 19.2. The number of carbonyl (C=O) groups excluding carboxylic acids is 1. The quantitative estimate of drug-likeness (QED) is 0.521. The SMILES string of the molecule is C#CC[C@]1([C@H](NC(=O)OCC2c3ccccc3-c3ccccc32)C(=O)O)CCC[N+](C)(C)C1. The Labute approximate surface area is 195 Å². The summed E-state index contributed by atoms with van der Waals surface area (Å²) in [6.45, 7) is 1.66. The van der Waals surface area contributed by atoms with Gasteiger partial charge in [-0.15, -0.1) is 12.3 Å². The molecule has 6 nitrogen and oxygen atoms in total. The lowest BCUT2D eigenvalue weighted by Gasteiger charge is -2.47. The van der Waals surface area contributed by atoms with Crippen LogP contribution in [0.4, 0.5) is 4.79 Å². The van der Waals surface area contributed by atoms with Gasteiger partial charge in [-0.05, 0) is 35.1 Å². The first-order chi connectivity index (χ1) is 15.8. The summed E-state index contributed by atoms with van der Waals surface area (Å²) in [6, 6.07) is 15.1. The van der Waals surface area contributed by atoms with Crippen LogP contribution >= 0.6 is 0 Å². The number of nitrogens with one attached hydrogen (secondary N) is 1. The van der Waals surface area contributed by atoms with E-state index in [-0.39, 0.29) is 18.9 Å². The maximum atomic E-state index is 12.8. The van der Waals surface area contributed by atoms with Crippen LogP contribution in [-0.2, 0) is 9.53 Å². The molecule has 0 bridgehead atoms. The number of carbonyl (C=O) groups is 2. The van der Waals surface area contributed by atoms with Gasteiger partial charge >= 0.3 is 12.1 Å². The predicted octanol–water partition coefficient (Wildman–Crippen LogP) is 3.86. The van der Waals surface area contributed by atoms with Gasteiger partial charge in [0.15, 0.2) is 0 Å². The number of hydrogen-bond donors (Lipinski definition) is 2. The number of terminal acetylenes is 1. The molecule has 2 aromatic carbocycles. The summed E-state index contributed by atoms with van der Waals surface area (Å²) in [7, 11) is 4.13. The zero-order valence-corrected chi connectivity index (χ0v) is 19.2. The summed E-state index contributed by atoms with van der Waals surface area (Å²) < 4.78 is 6.28. The Morgan fingerprint density at radius 3 is 2.33 bits per heavy atom. The van der Waals surface area contributed by atoms with E-state index in [9.17, 15) is 14.7 Å². The van der Waals surface area contributed by atoms with Crippen molar-refractivity contribution in [2.75, 3.05) is 33.8 Å². The summed E-state index contributed by atoms with van der Waals surface area (Å²) in [6.07, 6.45) is 6.71. The predicted molar refractivity (Wildman–Crippen MR) is 127 cm³/mol. The van der Waals surface area contributed by atoms with Gasteiger partial charge in [0.2, 0.25) is 0 Å². The van der Waals surface area contributed by atoms with Gasteiger partial charge in [0.05, 0.1) is 32.6 Å². The zero-order chi connectivity index (χ0) is 23.6. The Bertz CT molecular complexity index is 1060. The van der Waals surface area contributed by atoms with Gasteiger partial charge < -0.3 is 19.6 Å². The van der Waals surface area contributed by atoms with Gasteiger partial charge in [0.1, 0.15) is 12.6 Å². The van der Waals surface area contributed by atoms with E-state index in [0.29, 0.717) is 17.4 Å².